The summed E-state index contributed by atoms with van der Waals surface area (Å²) < 4.78 is 26.2. The number of carbonyl (C=O) groups is 1. The van der Waals surface area contributed by atoms with Crippen molar-refractivity contribution >= 4 is 5.97 Å². The van der Waals surface area contributed by atoms with Gasteiger partial charge in [-0.05, 0) is 142 Å². The van der Waals surface area contributed by atoms with Gasteiger partial charge < -0.3 is 24.1 Å². The molecule has 4 unspecified atom stereocenters. The van der Waals surface area contributed by atoms with Gasteiger partial charge in [0.05, 0.1) is 30.5 Å². The lowest BCUT2D eigenvalue weighted by Crippen LogP contribution is -2.66. The summed E-state index contributed by atoms with van der Waals surface area (Å²) in [5.74, 6) is 2.40. The molecule has 0 bridgehead atoms. The first kappa shape index (κ1) is 33.8. The van der Waals surface area contributed by atoms with Crippen molar-refractivity contribution in [1.29, 1.82) is 0 Å². The molecule has 10 aliphatic rings. The van der Waals surface area contributed by atoms with Crippen LogP contribution in [0.4, 0.5) is 0 Å². The minimum atomic E-state index is -1.13. The standard InChI is InChI=1S/C42H66N2O6/c1-25(45)48-36(38(4,5)46)30-11-10-28-35(49-30)29-20-42(29)32-13-12-31-37(2,3)33(14-15-40(31)24-41(32,40)17-16-39(28,42)6)50-34-23-43(18-19-47-34)27-21-44(22-27)26-8-7-9-26/h26-36,46H,7-24H2,1-6H3/t28-,29-,30?,31?,32?,33-,34-,35?,36-,39+,40+,41-,42-/m0/s1. The second kappa shape index (κ2) is 10.9. The summed E-state index contributed by atoms with van der Waals surface area (Å²) in [6.45, 7) is 18.0. The van der Waals surface area contributed by atoms with Gasteiger partial charge in [0, 0.05) is 45.2 Å². The third kappa shape index (κ3) is 4.41. The van der Waals surface area contributed by atoms with Crippen molar-refractivity contribution in [2.45, 2.75) is 173 Å². The van der Waals surface area contributed by atoms with Gasteiger partial charge in [0.1, 0.15) is 0 Å². The largest absolute Gasteiger partial charge is 0.457 e. The lowest BCUT2D eigenvalue weighted by molar-refractivity contribution is -0.251. The molecular weight excluding hydrogens is 628 g/mol. The van der Waals surface area contributed by atoms with Gasteiger partial charge in [0.15, 0.2) is 12.4 Å². The van der Waals surface area contributed by atoms with Crippen molar-refractivity contribution in [1.82, 2.24) is 9.80 Å². The molecule has 10 rings (SSSR count). The molecule has 7 saturated carbocycles. The highest BCUT2D eigenvalue weighted by Gasteiger charge is 2.89. The monoisotopic (exact) mass is 694 g/mol. The van der Waals surface area contributed by atoms with Crippen LogP contribution in [0, 0.1) is 50.7 Å². The Balaban J connectivity index is 0.829. The number of fused-ring (bicyclic) bond motifs is 3. The van der Waals surface area contributed by atoms with Crippen LogP contribution in [0.2, 0.25) is 0 Å². The molecule has 0 radical (unpaired) electrons. The van der Waals surface area contributed by atoms with E-state index in [9.17, 15) is 9.90 Å². The van der Waals surface area contributed by atoms with Crippen LogP contribution in [-0.2, 0) is 23.7 Å². The van der Waals surface area contributed by atoms with E-state index in [1.54, 1.807) is 13.8 Å². The maximum atomic E-state index is 12.1. The van der Waals surface area contributed by atoms with Crippen molar-refractivity contribution in [3.63, 3.8) is 0 Å². The van der Waals surface area contributed by atoms with Gasteiger partial charge in [-0.15, -0.1) is 0 Å². The van der Waals surface area contributed by atoms with Crippen LogP contribution in [0.3, 0.4) is 0 Å². The molecule has 3 saturated heterocycles. The number of ether oxygens (including phenoxy) is 4. The molecule has 8 nitrogen and oxygen atoms in total. The zero-order valence-electron chi connectivity index (χ0n) is 32.0. The van der Waals surface area contributed by atoms with Crippen molar-refractivity contribution < 1.29 is 28.8 Å². The minimum absolute atomic E-state index is 0.0895. The first-order valence-corrected chi connectivity index (χ1v) is 21.0. The Kier molecular flexibility index (Phi) is 7.38. The molecule has 13 atom stereocenters. The number of rotatable bonds is 7. The lowest BCUT2D eigenvalue weighted by Gasteiger charge is -2.61. The molecule has 3 heterocycles. The Morgan fingerprint density at radius 3 is 2.36 bits per heavy atom. The number of nitrogens with zero attached hydrogens (tertiary/aromatic N) is 2. The summed E-state index contributed by atoms with van der Waals surface area (Å²) in [7, 11) is 0. The molecule has 280 valence electrons. The van der Waals surface area contributed by atoms with Gasteiger partial charge in [-0.1, -0.05) is 27.2 Å². The second-order valence-electron chi connectivity index (χ2n) is 20.9. The molecule has 50 heavy (non-hydrogen) atoms. The van der Waals surface area contributed by atoms with Gasteiger partial charge in [0.25, 0.3) is 0 Å². The van der Waals surface area contributed by atoms with Crippen LogP contribution in [0.15, 0.2) is 0 Å². The first-order valence-electron chi connectivity index (χ1n) is 21.0. The lowest BCUT2D eigenvalue weighted by atomic mass is 9.44. The molecule has 7 aliphatic carbocycles. The van der Waals surface area contributed by atoms with E-state index in [1.165, 1.54) is 90.6 Å². The van der Waals surface area contributed by atoms with Gasteiger partial charge in [-0.3, -0.25) is 14.6 Å². The van der Waals surface area contributed by atoms with Crippen molar-refractivity contribution in [3.8, 4) is 0 Å². The van der Waals surface area contributed by atoms with E-state index in [0.717, 1.165) is 50.4 Å². The molecule has 0 amide bonds. The van der Waals surface area contributed by atoms with Crippen LogP contribution in [0.1, 0.15) is 125 Å². The summed E-state index contributed by atoms with van der Waals surface area (Å²) >= 11 is 0. The second-order valence-corrected chi connectivity index (χ2v) is 20.9. The maximum Gasteiger partial charge on any atom is 0.303 e. The van der Waals surface area contributed by atoms with E-state index in [4.69, 9.17) is 18.9 Å². The average molecular weight is 695 g/mol. The summed E-state index contributed by atoms with van der Waals surface area (Å²) in [6, 6.07) is 1.55. The van der Waals surface area contributed by atoms with E-state index in [2.05, 4.69) is 30.6 Å². The molecule has 0 aromatic carbocycles. The predicted molar refractivity (Wildman–Crippen MR) is 189 cm³/mol. The highest BCUT2D eigenvalue weighted by atomic mass is 16.7. The molecule has 0 aromatic heterocycles. The Morgan fingerprint density at radius 1 is 0.880 bits per heavy atom. The van der Waals surface area contributed by atoms with Gasteiger partial charge >= 0.3 is 5.97 Å². The number of aliphatic hydroxyl groups is 1. The van der Waals surface area contributed by atoms with Crippen molar-refractivity contribution in [2.75, 3.05) is 32.8 Å². The average Bonchev–Trinajstić information content (AvgIpc) is 3.90. The molecule has 3 aliphatic heterocycles. The Morgan fingerprint density at radius 2 is 1.64 bits per heavy atom. The van der Waals surface area contributed by atoms with Crippen LogP contribution in [0.5, 0.6) is 0 Å². The molecule has 1 N–H and O–H groups in total. The smallest absolute Gasteiger partial charge is 0.303 e. The number of morpholine rings is 1. The normalized spacial score (nSPS) is 51.7. The summed E-state index contributed by atoms with van der Waals surface area (Å²) in [4.78, 5) is 17.5. The third-order valence-electron chi connectivity index (χ3n) is 18.4. The van der Waals surface area contributed by atoms with E-state index in [0.29, 0.717) is 39.5 Å². The van der Waals surface area contributed by atoms with E-state index in [-0.39, 0.29) is 36.0 Å². The number of hydrogen-bond acceptors (Lipinski definition) is 8. The first-order chi connectivity index (χ1) is 23.7. The Bertz CT molecular complexity index is 1390. The van der Waals surface area contributed by atoms with Crippen molar-refractivity contribution in [2.24, 2.45) is 50.7 Å². The Labute approximate surface area is 301 Å². The summed E-state index contributed by atoms with van der Waals surface area (Å²) in [5, 5.41) is 11.0. The SMILES string of the molecule is CC(=O)O[C@@H](C1CC[C@H]2C(O1)[C@@H]1C[C@@]13C1CCC4C(C)(C)[C@@H](O[C@H]5CN(C6CN(C7CCC7)C6)CCO5)CC[C@@]45C[C@@]15CC[C@]23C)C(C)(C)O. The van der Waals surface area contributed by atoms with Crippen LogP contribution in [0.25, 0.3) is 0 Å². The molecule has 3 spiro atoms. The fraction of sp³-hybridized carbons (Fsp3) is 0.976. The molecule has 8 heteroatoms. The fourth-order valence-electron chi connectivity index (χ4n) is 15.9. The van der Waals surface area contributed by atoms with Gasteiger partial charge in [0.2, 0.25) is 0 Å². The zero-order chi connectivity index (χ0) is 34.6. The number of esters is 1. The zero-order valence-corrected chi connectivity index (χ0v) is 32.0. The van der Waals surface area contributed by atoms with Gasteiger partial charge in [-0.25, -0.2) is 0 Å². The Hall–Kier alpha value is -0.770. The van der Waals surface area contributed by atoms with E-state index < -0.39 is 11.7 Å². The third-order valence-corrected chi connectivity index (χ3v) is 18.4. The van der Waals surface area contributed by atoms with E-state index >= 15 is 0 Å². The van der Waals surface area contributed by atoms with Gasteiger partial charge in [-0.2, -0.15) is 0 Å². The predicted octanol–water partition coefficient (Wildman–Crippen LogP) is 6.18. The van der Waals surface area contributed by atoms with Crippen molar-refractivity contribution in [3.05, 3.63) is 0 Å². The summed E-state index contributed by atoms with van der Waals surface area (Å²) in [6.07, 6.45) is 16.5. The topological polar surface area (TPSA) is 80.7 Å². The molecule has 10 fully saturated rings. The summed E-state index contributed by atoms with van der Waals surface area (Å²) in [5.41, 5.74) is 0.746. The number of likely N-dealkylation sites (tertiary alicyclic amines) is 1. The van der Waals surface area contributed by atoms with Crippen LogP contribution in [-0.4, -0.2) is 102 Å². The van der Waals surface area contributed by atoms with Crippen LogP contribution >= 0.6 is 0 Å². The fourth-order valence-corrected chi connectivity index (χ4v) is 15.9. The molecule has 0 aromatic rings. The van der Waals surface area contributed by atoms with E-state index in [1.807, 2.05) is 0 Å². The quantitative estimate of drug-likeness (QED) is 0.317. The highest BCUT2D eigenvalue weighted by molar-refractivity contribution is 5.66. The number of hydrogen-bond donors (Lipinski definition) is 1. The van der Waals surface area contributed by atoms with Crippen LogP contribution < -0.4 is 0 Å². The molecular formula is C42H66N2O6. The maximum absolute atomic E-state index is 12.1. The minimum Gasteiger partial charge on any atom is -0.457 e. The highest BCUT2D eigenvalue weighted by Crippen LogP contribution is 2.94. The number of carbonyl (C=O) groups excluding carboxylic acids is 1.